The summed E-state index contributed by atoms with van der Waals surface area (Å²) >= 11 is 3.42. The molecule has 1 heterocycles. The van der Waals surface area contributed by atoms with Crippen LogP contribution in [0, 0.1) is 0 Å². The van der Waals surface area contributed by atoms with Crippen molar-refractivity contribution in [3.8, 4) is 5.75 Å². The quantitative estimate of drug-likeness (QED) is 0.810. The maximum atomic E-state index is 5.78. The third-order valence-electron chi connectivity index (χ3n) is 2.22. The highest BCUT2D eigenvalue weighted by molar-refractivity contribution is 9.10. The number of hydrogen-bond acceptors (Lipinski definition) is 2. The molecule has 14 heavy (non-hydrogen) atoms. The van der Waals surface area contributed by atoms with Crippen LogP contribution in [0.2, 0.25) is 0 Å². The van der Waals surface area contributed by atoms with Crippen molar-refractivity contribution in [3.05, 3.63) is 28.7 Å². The molecule has 0 bridgehead atoms. The van der Waals surface area contributed by atoms with E-state index in [1.54, 1.807) is 0 Å². The molecule has 1 aromatic rings. The molecule has 2 rings (SSSR count). The Morgan fingerprint density at radius 1 is 1.43 bits per heavy atom. The summed E-state index contributed by atoms with van der Waals surface area (Å²) in [7, 11) is 0. The van der Waals surface area contributed by atoms with Gasteiger partial charge in [-0.1, -0.05) is 22.0 Å². The SMILES string of the molecule is Brc1cccc(OC2CCCOC2)c1. The maximum Gasteiger partial charge on any atom is 0.122 e. The van der Waals surface area contributed by atoms with E-state index >= 15 is 0 Å². The van der Waals surface area contributed by atoms with Crippen LogP contribution in [0.1, 0.15) is 12.8 Å². The molecule has 1 atom stereocenters. The number of halogens is 1. The minimum Gasteiger partial charge on any atom is -0.488 e. The summed E-state index contributed by atoms with van der Waals surface area (Å²) in [6, 6.07) is 7.92. The summed E-state index contributed by atoms with van der Waals surface area (Å²) in [5.74, 6) is 0.912. The maximum absolute atomic E-state index is 5.78. The van der Waals surface area contributed by atoms with E-state index < -0.39 is 0 Å². The van der Waals surface area contributed by atoms with Crippen LogP contribution >= 0.6 is 15.9 Å². The van der Waals surface area contributed by atoms with E-state index in [0.29, 0.717) is 6.61 Å². The Morgan fingerprint density at radius 2 is 2.36 bits per heavy atom. The standard InChI is InChI=1S/C11H13BrO2/c12-9-3-1-4-10(7-9)14-11-5-2-6-13-8-11/h1,3-4,7,11H,2,5-6,8H2. The van der Waals surface area contributed by atoms with Crippen molar-refractivity contribution in [1.82, 2.24) is 0 Å². The van der Waals surface area contributed by atoms with Crippen molar-refractivity contribution in [2.45, 2.75) is 18.9 Å². The van der Waals surface area contributed by atoms with Crippen LogP contribution in [0.15, 0.2) is 28.7 Å². The van der Waals surface area contributed by atoms with Gasteiger partial charge in [0.25, 0.3) is 0 Å². The van der Waals surface area contributed by atoms with E-state index in [9.17, 15) is 0 Å². The Morgan fingerprint density at radius 3 is 3.07 bits per heavy atom. The van der Waals surface area contributed by atoms with Crippen LogP contribution in [0.25, 0.3) is 0 Å². The topological polar surface area (TPSA) is 18.5 Å². The first kappa shape index (κ1) is 9.99. The molecule has 1 aromatic carbocycles. The number of hydrogen-bond donors (Lipinski definition) is 0. The van der Waals surface area contributed by atoms with E-state index in [0.717, 1.165) is 29.7 Å². The second-order valence-corrected chi connectivity index (χ2v) is 4.33. The second-order valence-electron chi connectivity index (χ2n) is 3.41. The average molecular weight is 257 g/mol. The normalized spacial score (nSPS) is 21.9. The molecule has 76 valence electrons. The summed E-state index contributed by atoms with van der Waals surface area (Å²) in [4.78, 5) is 0. The van der Waals surface area contributed by atoms with Gasteiger partial charge in [-0.05, 0) is 31.0 Å². The highest BCUT2D eigenvalue weighted by atomic mass is 79.9. The average Bonchev–Trinajstić information content (AvgIpc) is 2.19. The smallest absolute Gasteiger partial charge is 0.122 e. The van der Waals surface area contributed by atoms with Gasteiger partial charge < -0.3 is 9.47 Å². The Hall–Kier alpha value is -0.540. The number of ether oxygens (including phenoxy) is 2. The van der Waals surface area contributed by atoms with E-state index in [1.165, 1.54) is 0 Å². The summed E-state index contributed by atoms with van der Waals surface area (Å²) in [5, 5.41) is 0. The number of benzene rings is 1. The molecule has 1 aliphatic rings. The molecule has 0 amide bonds. The minimum atomic E-state index is 0.220. The molecule has 1 aliphatic heterocycles. The zero-order chi connectivity index (χ0) is 9.80. The fraction of sp³-hybridized carbons (Fsp3) is 0.455. The largest absolute Gasteiger partial charge is 0.488 e. The van der Waals surface area contributed by atoms with Gasteiger partial charge in [-0.15, -0.1) is 0 Å². The lowest BCUT2D eigenvalue weighted by molar-refractivity contribution is 0.00741. The summed E-state index contributed by atoms with van der Waals surface area (Å²) in [6.45, 7) is 1.59. The Balaban J connectivity index is 1.95. The summed E-state index contributed by atoms with van der Waals surface area (Å²) in [5.41, 5.74) is 0. The second kappa shape index (κ2) is 4.80. The molecule has 1 unspecified atom stereocenters. The first-order chi connectivity index (χ1) is 6.84. The highest BCUT2D eigenvalue weighted by Gasteiger charge is 2.14. The van der Waals surface area contributed by atoms with Crippen LogP contribution in [0.4, 0.5) is 0 Å². The van der Waals surface area contributed by atoms with Gasteiger partial charge in [0.2, 0.25) is 0 Å². The van der Waals surface area contributed by atoms with Gasteiger partial charge in [-0.2, -0.15) is 0 Å². The Kier molecular flexibility index (Phi) is 3.43. The zero-order valence-electron chi connectivity index (χ0n) is 7.91. The Bertz CT molecular complexity index is 295. The van der Waals surface area contributed by atoms with Crippen LogP contribution in [0.5, 0.6) is 5.75 Å². The highest BCUT2D eigenvalue weighted by Crippen LogP contribution is 2.21. The van der Waals surface area contributed by atoms with E-state index in [4.69, 9.17) is 9.47 Å². The molecular weight excluding hydrogens is 244 g/mol. The molecule has 3 heteroatoms. The van der Waals surface area contributed by atoms with Gasteiger partial charge in [-0.3, -0.25) is 0 Å². The van der Waals surface area contributed by atoms with Crippen LogP contribution in [0.3, 0.4) is 0 Å². The predicted molar refractivity (Wildman–Crippen MR) is 58.6 cm³/mol. The van der Waals surface area contributed by atoms with Gasteiger partial charge in [0, 0.05) is 11.1 Å². The summed E-state index contributed by atoms with van der Waals surface area (Å²) in [6.07, 6.45) is 2.41. The van der Waals surface area contributed by atoms with E-state index in [1.807, 2.05) is 24.3 Å². The molecule has 0 spiro atoms. The first-order valence-corrected chi connectivity index (χ1v) is 5.64. The third kappa shape index (κ3) is 2.72. The molecular formula is C11H13BrO2. The predicted octanol–water partition coefficient (Wildman–Crippen LogP) is 3.01. The van der Waals surface area contributed by atoms with Gasteiger partial charge in [-0.25, -0.2) is 0 Å². The zero-order valence-corrected chi connectivity index (χ0v) is 9.50. The van der Waals surface area contributed by atoms with E-state index in [2.05, 4.69) is 15.9 Å². The van der Waals surface area contributed by atoms with Gasteiger partial charge in [0.1, 0.15) is 11.9 Å². The minimum absolute atomic E-state index is 0.220. The van der Waals surface area contributed by atoms with Crippen LogP contribution < -0.4 is 4.74 Å². The monoisotopic (exact) mass is 256 g/mol. The molecule has 0 saturated carbocycles. The lowest BCUT2D eigenvalue weighted by Gasteiger charge is -2.23. The van der Waals surface area contributed by atoms with Gasteiger partial charge in [0.05, 0.1) is 6.61 Å². The molecule has 0 aromatic heterocycles. The van der Waals surface area contributed by atoms with Gasteiger partial charge >= 0.3 is 0 Å². The Labute approximate surface area is 92.3 Å². The van der Waals surface area contributed by atoms with Crippen molar-refractivity contribution >= 4 is 15.9 Å². The molecule has 0 aliphatic carbocycles. The lowest BCUT2D eigenvalue weighted by atomic mass is 10.2. The molecule has 1 fully saturated rings. The molecule has 1 saturated heterocycles. The van der Waals surface area contributed by atoms with Crippen molar-refractivity contribution in [1.29, 1.82) is 0 Å². The molecule has 2 nitrogen and oxygen atoms in total. The van der Waals surface area contributed by atoms with Crippen LogP contribution in [-0.2, 0) is 4.74 Å². The van der Waals surface area contributed by atoms with Crippen molar-refractivity contribution in [2.24, 2.45) is 0 Å². The van der Waals surface area contributed by atoms with Crippen molar-refractivity contribution < 1.29 is 9.47 Å². The lowest BCUT2D eigenvalue weighted by Crippen LogP contribution is -2.27. The molecule has 0 radical (unpaired) electrons. The number of rotatable bonds is 2. The fourth-order valence-electron chi connectivity index (χ4n) is 1.54. The van der Waals surface area contributed by atoms with E-state index in [-0.39, 0.29) is 6.10 Å². The fourth-order valence-corrected chi connectivity index (χ4v) is 1.92. The third-order valence-corrected chi connectivity index (χ3v) is 2.71. The first-order valence-electron chi connectivity index (χ1n) is 4.84. The molecule has 0 N–H and O–H groups in total. The van der Waals surface area contributed by atoms with Crippen molar-refractivity contribution in [2.75, 3.05) is 13.2 Å². The van der Waals surface area contributed by atoms with Crippen LogP contribution in [-0.4, -0.2) is 19.3 Å². The van der Waals surface area contributed by atoms with Crippen molar-refractivity contribution in [3.63, 3.8) is 0 Å². The van der Waals surface area contributed by atoms with Gasteiger partial charge in [0.15, 0.2) is 0 Å². The summed E-state index contributed by atoms with van der Waals surface area (Å²) < 4.78 is 12.2.